The van der Waals surface area contributed by atoms with Gasteiger partial charge in [-0.05, 0) is 17.0 Å². The number of benzene rings is 1. The SMILES string of the molecule is CC(C)(C)c1c(C(=O)O)sc2cc3c(cc12)OCCO3. The highest BCUT2D eigenvalue weighted by Gasteiger charge is 2.28. The van der Waals surface area contributed by atoms with Crippen LogP contribution in [0, 0.1) is 0 Å². The molecule has 0 spiro atoms. The Balaban J connectivity index is 2.33. The summed E-state index contributed by atoms with van der Waals surface area (Å²) < 4.78 is 12.1. The van der Waals surface area contributed by atoms with Gasteiger partial charge in [0.25, 0.3) is 0 Å². The number of carboxylic acids is 1. The summed E-state index contributed by atoms with van der Waals surface area (Å²) in [5.41, 5.74) is 0.623. The quantitative estimate of drug-likeness (QED) is 0.871. The van der Waals surface area contributed by atoms with Crippen LogP contribution >= 0.6 is 11.3 Å². The van der Waals surface area contributed by atoms with E-state index in [1.54, 1.807) is 0 Å². The molecule has 0 radical (unpaired) electrons. The number of rotatable bonds is 1. The van der Waals surface area contributed by atoms with Crippen molar-refractivity contribution in [1.29, 1.82) is 0 Å². The maximum Gasteiger partial charge on any atom is 0.346 e. The predicted octanol–water partition coefficient (Wildman–Crippen LogP) is 3.67. The first-order valence-corrected chi connectivity index (χ1v) is 7.29. The molecular weight excluding hydrogens is 276 g/mol. The summed E-state index contributed by atoms with van der Waals surface area (Å²) in [4.78, 5) is 11.9. The van der Waals surface area contributed by atoms with Crippen LogP contribution in [0.15, 0.2) is 12.1 Å². The molecule has 3 rings (SSSR count). The van der Waals surface area contributed by atoms with Gasteiger partial charge in [0, 0.05) is 16.2 Å². The molecule has 4 nitrogen and oxygen atoms in total. The molecule has 1 N–H and O–H groups in total. The second kappa shape index (κ2) is 4.38. The Labute approximate surface area is 120 Å². The van der Waals surface area contributed by atoms with Crippen molar-refractivity contribution in [3.8, 4) is 11.5 Å². The Morgan fingerprint density at radius 3 is 2.35 bits per heavy atom. The van der Waals surface area contributed by atoms with Crippen molar-refractivity contribution < 1.29 is 19.4 Å². The fourth-order valence-corrected chi connectivity index (χ4v) is 3.79. The van der Waals surface area contributed by atoms with Crippen molar-refractivity contribution in [3.05, 3.63) is 22.6 Å². The minimum absolute atomic E-state index is 0.240. The lowest BCUT2D eigenvalue weighted by Crippen LogP contribution is -2.16. The van der Waals surface area contributed by atoms with E-state index in [2.05, 4.69) is 0 Å². The molecule has 0 unspecified atom stereocenters. The first-order valence-electron chi connectivity index (χ1n) is 6.48. The standard InChI is InChI=1S/C15H16O4S/c1-15(2,3)12-8-6-9-10(19-5-4-18-9)7-11(8)20-13(12)14(16)17/h6-7H,4-5H2,1-3H3,(H,16,17). The average molecular weight is 292 g/mol. The molecule has 0 aliphatic carbocycles. The lowest BCUT2D eigenvalue weighted by Gasteiger charge is -2.21. The second-order valence-electron chi connectivity index (χ2n) is 5.85. The van der Waals surface area contributed by atoms with Crippen molar-refractivity contribution in [2.24, 2.45) is 0 Å². The number of fused-ring (bicyclic) bond motifs is 2. The van der Waals surface area contributed by atoms with Crippen LogP contribution < -0.4 is 9.47 Å². The van der Waals surface area contributed by atoms with Crippen molar-refractivity contribution in [3.63, 3.8) is 0 Å². The molecule has 20 heavy (non-hydrogen) atoms. The average Bonchev–Trinajstić information content (AvgIpc) is 2.74. The number of thiophene rings is 1. The van der Waals surface area contributed by atoms with Crippen LogP contribution in [-0.2, 0) is 5.41 Å². The molecule has 1 aromatic heterocycles. The first-order chi connectivity index (χ1) is 9.38. The molecule has 2 heterocycles. The Kier molecular flexibility index (Phi) is 2.90. The monoisotopic (exact) mass is 292 g/mol. The van der Waals surface area contributed by atoms with E-state index in [1.807, 2.05) is 32.9 Å². The van der Waals surface area contributed by atoms with E-state index in [-0.39, 0.29) is 5.41 Å². The summed E-state index contributed by atoms with van der Waals surface area (Å²) in [5, 5.41) is 10.4. The van der Waals surface area contributed by atoms with Crippen LogP contribution in [0.25, 0.3) is 10.1 Å². The molecule has 0 atom stereocenters. The zero-order valence-electron chi connectivity index (χ0n) is 11.6. The highest BCUT2D eigenvalue weighted by Crippen LogP contribution is 2.44. The molecule has 0 amide bonds. The Morgan fingerprint density at radius 2 is 1.80 bits per heavy atom. The molecular formula is C15H16O4S. The zero-order chi connectivity index (χ0) is 14.5. The highest BCUT2D eigenvalue weighted by atomic mass is 32.1. The lowest BCUT2D eigenvalue weighted by molar-refractivity contribution is 0.0700. The fourth-order valence-electron chi connectivity index (χ4n) is 2.53. The zero-order valence-corrected chi connectivity index (χ0v) is 12.5. The smallest absolute Gasteiger partial charge is 0.346 e. The molecule has 0 saturated heterocycles. The van der Waals surface area contributed by atoms with Gasteiger partial charge in [-0.15, -0.1) is 11.3 Å². The highest BCUT2D eigenvalue weighted by molar-refractivity contribution is 7.21. The minimum atomic E-state index is -0.879. The van der Waals surface area contributed by atoms with Gasteiger partial charge in [-0.3, -0.25) is 0 Å². The molecule has 5 heteroatoms. The molecule has 2 aromatic rings. The van der Waals surface area contributed by atoms with Gasteiger partial charge in [-0.25, -0.2) is 4.79 Å². The maximum atomic E-state index is 11.5. The topological polar surface area (TPSA) is 55.8 Å². The van der Waals surface area contributed by atoms with Gasteiger partial charge in [-0.1, -0.05) is 20.8 Å². The van der Waals surface area contributed by atoms with E-state index in [0.29, 0.717) is 29.6 Å². The molecule has 0 saturated carbocycles. The van der Waals surface area contributed by atoms with Crippen LogP contribution in [0.4, 0.5) is 0 Å². The van der Waals surface area contributed by atoms with E-state index >= 15 is 0 Å². The summed E-state index contributed by atoms with van der Waals surface area (Å²) in [6, 6.07) is 3.80. The fraction of sp³-hybridized carbons (Fsp3) is 0.400. The van der Waals surface area contributed by atoms with Gasteiger partial charge in [0.05, 0.1) is 0 Å². The van der Waals surface area contributed by atoms with Crippen LogP contribution in [0.5, 0.6) is 11.5 Å². The summed E-state index contributed by atoms with van der Waals surface area (Å²) in [6.45, 7) is 7.13. The van der Waals surface area contributed by atoms with E-state index in [1.165, 1.54) is 11.3 Å². The third-order valence-electron chi connectivity index (χ3n) is 3.30. The van der Waals surface area contributed by atoms with Crippen molar-refractivity contribution >= 4 is 27.4 Å². The number of hydrogen-bond acceptors (Lipinski definition) is 4. The van der Waals surface area contributed by atoms with Crippen molar-refractivity contribution in [2.45, 2.75) is 26.2 Å². The van der Waals surface area contributed by atoms with Crippen molar-refractivity contribution in [1.82, 2.24) is 0 Å². The minimum Gasteiger partial charge on any atom is -0.486 e. The predicted molar refractivity (Wildman–Crippen MR) is 78.5 cm³/mol. The van der Waals surface area contributed by atoms with Crippen LogP contribution in [-0.4, -0.2) is 24.3 Å². The Hall–Kier alpha value is -1.75. The molecule has 1 aliphatic heterocycles. The number of carboxylic acid groups (broad SMARTS) is 1. The molecule has 1 aliphatic rings. The Morgan fingerprint density at radius 1 is 1.20 bits per heavy atom. The summed E-state index contributed by atoms with van der Waals surface area (Å²) >= 11 is 1.30. The maximum absolute atomic E-state index is 11.5. The van der Waals surface area contributed by atoms with Gasteiger partial charge < -0.3 is 14.6 Å². The largest absolute Gasteiger partial charge is 0.486 e. The summed E-state index contributed by atoms with van der Waals surface area (Å²) in [6.07, 6.45) is 0. The summed E-state index contributed by atoms with van der Waals surface area (Å²) in [5.74, 6) is 0.516. The van der Waals surface area contributed by atoms with Crippen molar-refractivity contribution in [2.75, 3.05) is 13.2 Å². The second-order valence-corrected chi connectivity index (χ2v) is 6.91. The van der Waals surface area contributed by atoms with Gasteiger partial charge in [-0.2, -0.15) is 0 Å². The third-order valence-corrected chi connectivity index (χ3v) is 4.44. The lowest BCUT2D eigenvalue weighted by atomic mass is 9.85. The first kappa shape index (κ1) is 13.2. The molecule has 0 bridgehead atoms. The van der Waals surface area contributed by atoms with Gasteiger partial charge >= 0.3 is 5.97 Å². The van der Waals surface area contributed by atoms with E-state index in [0.717, 1.165) is 15.6 Å². The Bertz CT molecular complexity index is 694. The normalized spacial score (nSPS) is 14.6. The molecule has 0 fully saturated rings. The third kappa shape index (κ3) is 2.02. The van der Waals surface area contributed by atoms with Crippen LogP contribution in [0.1, 0.15) is 36.0 Å². The van der Waals surface area contributed by atoms with Crippen LogP contribution in [0.3, 0.4) is 0 Å². The molecule has 106 valence electrons. The van der Waals surface area contributed by atoms with Gasteiger partial charge in [0.2, 0.25) is 0 Å². The number of carbonyl (C=O) groups is 1. The number of aromatic carboxylic acids is 1. The summed E-state index contributed by atoms with van der Waals surface area (Å²) in [7, 11) is 0. The van der Waals surface area contributed by atoms with E-state index in [9.17, 15) is 9.90 Å². The van der Waals surface area contributed by atoms with Crippen LogP contribution in [0.2, 0.25) is 0 Å². The van der Waals surface area contributed by atoms with E-state index in [4.69, 9.17) is 9.47 Å². The van der Waals surface area contributed by atoms with Gasteiger partial charge in [0.15, 0.2) is 11.5 Å². The molecule has 1 aromatic carbocycles. The van der Waals surface area contributed by atoms with E-state index < -0.39 is 5.97 Å². The number of ether oxygens (including phenoxy) is 2. The van der Waals surface area contributed by atoms with Gasteiger partial charge in [0.1, 0.15) is 18.1 Å². The number of hydrogen-bond donors (Lipinski definition) is 1.